The lowest BCUT2D eigenvalue weighted by molar-refractivity contribution is 0.435. The molecule has 1 fully saturated rings. The Morgan fingerprint density at radius 1 is 1.22 bits per heavy atom. The molecule has 18 heavy (non-hydrogen) atoms. The molecule has 100 valence electrons. The second kappa shape index (κ2) is 5.04. The Labute approximate surface area is 115 Å². The molecule has 1 saturated heterocycles. The van der Waals surface area contributed by atoms with Crippen molar-refractivity contribution in [2.45, 2.75) is 46.0 Å². The van der Waals surface area contributed by atoms with Crippen molar-refractivity contribution in [2.75, 3.05) is 18.0 Å². The minimum absolute atomic E-state index is 0.0667. The van der Waals surface area contributed by atoms with Crippen LogP contribution in [0.1, 0.15) is 46.4 Å². The second-order valence-electron chi connectivity index (χ2n) is 6.29. The highest BCUT2D eigenvalue weighted by molar-refractivity contribution is 6.29. The molecule has 1 aromatic rings. The van der Waals surface area contributed by atoms with Gasteiger partial charge in [-0.15, -0.1) is 0 Å². The number of halogens is 1. The molecule has 0 bridgehead atoms. The minimum atomic E-state index is -0.0667. The Morgan fingerprint density at radius 2 is 1.83 bits per heavy atom. The summed E-state index contributed by atoms with van der Waals surface area (Å²) >= 11 is 6.13. The maximum Gasteiger partial charge on any atom is 0.137 e. The first-order valence-corrected chi connectivity index (χ1v) is 7.04. The van der Waals surface area contributed by atoms with Crippen molar-refractivity contribution < 1.29 is 0 Å². The van der Waals surface area contributed by atoms with Crippen molar-refractivity contribution in [1.29, 1.82) is 0 Å². The molecule has 4 heteroatoms. The smallest absolute Gasteiger partial charge is 0.137 e. The Morgan fingerprint density at radius 3 is 2.39 bits per heavy atom. The van der Waals surface area contributed by atoms with Crippen LogP contribution in [0.25, 0.3) is 0 Å². The Hall–Kier alpha value is -0.830. The predicted molar refractivity (Wildman–Crippen MR) is 76.4 cm³/mol. The summed E-state index contributed by atoms with van der Waals surface area (Å²) < 4.78 is 0. The van der Waals surface area contributed by atoms with Gasteiger partial charge < -0.3 is 4.90 Å². The third-order valence-electron chi connectivity index (χ3n) is 3.46. The number of piperidine rings is 1. The average Bonchev–Trinajstić information content (AvgIpc) is 2.28. The molecule has 2 heterocycles. The fraction of sp³-hybridized carbons (Fsp3) is 0.714. The van der Waals surface area contributed by atoms with Crippen LogP contribution >= 0.6 is 11.6 Å². The van der Waals surface area contributed by atoms with Gasteiger partial charge in [-0.25, -0.2) is 9.97 Å². The fourth-order valence-corrected chi connectivity index (χ4v) is 2.32. The summed E-state index contributed by atoms with van der Waals surface area (Å²) in [4.78, 5) is 11.3. The summed E-state index contributed by atoms with van der Waals surface area (Å²) in [7, 11) is 0. The van der Waals surface area contributed by atoms with Crippen molar-refractivity contribution >= 4 is 17.4 Å². The lowest BCUT2D eigenvalue weighted by Crippen LogP contribution is -2.34. The summed E-state index contributed by atoms with van der Waals surface area (Å²) in [5.74, 6) is 2.62. The molecular formula is C14H22ClN3. The van der Waals surface area contributed by atoms with Crippen LogP contribution in [0.15, 0.2) is 6.07 Å². The highest BCUT2D eigenvalue weighted by atomic mass is 35.5. The van der Waals surface area contributed by atoms with Crippen molar-refractivity contribution in [3.63, 3.8) is 0 Å². The third-order valence-corrected chi connectivity index (χ3v) is 3.65. The van der Waals surface area contributed by atoms with Crippen molar-refractivity contribution in [3.05, 3.63) is 17.0 Å². The lowest BCUT2D eigenvalue weighted by Gasteiger charge is -2.32. The molecule has 1 aliphatic rings. The van der Waals surface area contributed by atoms with E-state index in [1.807, 2.05) is 6.07 Å². The van der Waals surface area contributed by atoms with E-state index >= 15 is 0 Å². The van der Waals surface area contributed by atoms with Crippen LogP contribution < -0.4 is 4.90 Å². The summed E-state index contributed by atoms with van der Waals surface area (Å²) in [6.07, 6.45) is 2.46. The first kappa shape index (κ1) is 13.6. The summed E-state index contributed by atoms with van der Waals surface area (Å²) in [6, 6.07) is 1.88. The van der Waals surface area contributed by atoms with E-state index in [0.29, 0.717) is 5.15 Å². The zero-order chi connectivity index (χ0) is 13.3. The first-order chi connectivity index (χ1) is 8.36. The number of hydrogen-bond donors (Lipinski definition) is 0. The van der Waals surface area contributed by atoms with Gasteiger partial charge >= 0.3 is 0 Å². The highest BCUT2D eigenvalue weighted by Gasteiger charge is 2.22. The molecule has 0 radical (unpaired) electrons. The molecule has 0 unspecified atom stereocenters. The molecule has 3 nitrogen and oxygen atoms in total. The van der Waals surface area contributed by atoms with Gasteiger partial charge in [0, 0.05) is 24.6 Å². The molecule has 0 aromatic carbocycles. The zero-order valence-electron chi connectivity index (χ0n) is 11.7. The molecule has 2 rings (SSSR count). The van der Waals surface area contributed by atoms with Crippen LogP contribution in [0.3, 0.4) is 0 Å². The van der Waals surface area contributed by atoms with Gasteiger partial charge in [-0.3, -0.25) is 0 Å². The predicted octanol–water partition coefficient (Wildman–Crippen LogP) is 3.66. The molecule has 1 aromatic heterocycles. The number of anilines is 1. The van der Waals surface area contributed by atoms with E-state index in [1.165, 1.54) is 12.8 Å². The van der Waals surface area contributed by atoms with E-state index in [1.54, 1.807) is 0 Å². The number of rotatable bonds is 1. The van der Waals surface area contributed by atoms with Gasteiger partial charge in [0.05, 0.1) is 0 Å². The monoisotopic (exact) mass is 267 g/mol. The van der Waals surface area contributed by atoms with Gasteiger partial charge in [0.25, 0.3) is 0 Å². The first-order valence-electron chi connectivity index (χ1n) is 6.66. The Balaban J connectivity index is 2.25. The van der Waals surface area contributed by atoms with Crippen LogP contribution in [-0.2, 0) is 5.41 Å². The maximum absolute atomic E-state index is 6.13. The number of nitrogens with zero attached hydrogens (tertiary/aromatic N) is 3. The van der Waals surface area contributed by atoms with Gasteiger partial charge in [0.15, 0.2) is 0 Å². The van der Waals surface area contributed by atoms with Gasteiger partial charge in [0.2, 0.25) is 0 Å². The molecule has 0 N–H and O–H groups in total. The minimum Gasteiger partial charge on any atom is -0.356 e. The van der Waals surface area contributed by atoms with Gasteiger partial charge in [-0.2, -0.15) is 0 Å². The van der Waals surface area contributed by atoms with E-state index in [-0.39, 0.29) is 5.41 Å². The molecule has 0 spiro atoms. The summed E-state index contributed by atoms with van der Waals surface area (Å²) in [6.45, 7) is 10.8. The maximum atomic E-state index is 6.13. The summed E-state index contributed by atoms with van der Waals surface area (Å²) in [5, 5.41) is 0.545. The normalized spacial score (nSPS) is 18.2. The van der Waals surface area contributed by atoms with E-state index < -0.39 is 0 Å². The van der Waals surface area contributed by atoms with Gasteiger partial charge in [-0.05, 0) is 18.8 Å². The zero-order valence-corrected chi connectivity index (χ0v) is 12.5. The molecular weight excluding hydrogens is 246 g/mol. The van der Waals surface area contributed by atoms with Crippen LogP contribution in [0.5, 0.6) is 0 Å². The number of hydrogen-bond acceptors (Lipinski definition) is 3. The largest absolute Gasteiger partial charge is 0.356 e. The van der Waals surface area contributed by atoms with Crippen molar-refractivity contribution in [2.24, 2.45) is 5.92 Å². The van der Waals surface area contributed by atoms with Crippen LogP contribution in [0.2, 0.25) is 5.15 Å². The van der Waals surface area contributed by atoms with Gasteiger partial charge in [-0.1, -0.05) is 39.3 Å². The average molecular weight is 268 g/mol. The van der Waals surface area contributed by atoms with Gasteiger partial charge in [0.1, 0.15) is 16.8 Å². The Bertz CT molecular complexity index is 418. The third kappa shape index (κ3) is 3.14. The Kier molecular flexibility index (Phi) is 3.81. The molecule has 1 aliphatic heterocycles. The number of aromatic nitrogens is 2. The molecule has 0 saturated carbocycles. The molecule has 0 amide bonds. The quantitative estimate of drug-likeness (QED) is 0.727. The van der Waals surface area contributed by atoms with E-state index in [0.717, 1.165) is 30.6 Å². The lowest BCUT2D eigenvalue weighted by atomic mass is 9.95. The summed E-state index contributed by atoms with van der Waals surface area (Å²) in [5.41, 5.74) is -0.0667. The SMILES string of the molecule is CC1CCN(c2cc(Cl)nc(C(C)(C)C)n2)CC1. The standard InChI is InChI=1S/C14H22ClN3/c1-10-5-7-18(8-6-10)12-9-11(15)16-13(17-12)14(2,3)4/h9-10H,5-8H2,1-4H3. The topological polar surface area (TPSA) is 29.0 Å². The molecule has 0 atom stereocenters. The van der Waals surface area contributed by atoms with E-state index in [2.05, 4.69) is 42.6 Å². The van der Waals surface area contributed by atoms with Crippen molar-refractivity contribution in [3.8, 4) is 0 Å². The second-order valence-corrected chi connectivity index (χ2v) is 6.68. The van der Waals surface area contributed by atoms with Crippen LogP contribution in [0, 0.1) is 5.92 Å². The van der Waals surface area contributed by atoms with E-state index in [9.17, 15) is 0 Å². The van der Waals surface area contributed by atoms with Crippen LogP contribution in [-0.4, -0.2) is 23.1 Å². The van der Waals surface area contributed by atoms with Crippen molar-refractivity contribution in [1.82, 2.24) is 9.97 Å². The fourth-order valence-electron chi connectivity index (χ4n) is 2.14. The molecule has 0 aliphatic carbocycles. The van der Waals surface area contributed by atoms with Crippen LogP contribution in [0.4, 0.5) is 5.82 Å². The van der Waals surface area contributed by atoms with E-state index in [4.69, 9.17) is 11.6 Å². The highest BCUT2D eigenvalue weighted by Crippen LogP contribution is 2.26.